The lowest BCUT2D eigenvalue weighted by Gasteiger charge is -2.24. The van der Waals surface area contributed by atoms with Crippen molar-refractivity contribution in [2.75, 3.05) is 38.3 Å². The molecule has 6 nitrogen and oxygen atoms in total. The summed E-state index contributed by atoms with van der Waals surface area (Å²) in [6.07, 6.45) is 1.08. The molecule has 0 bridgehead atoms. The van der Waals surface area contributed by atoms with Crippen molar-refractivity contribution in [3.8, 4) is 11.5 Å². The van der Waals surface area contributed by atoms with E-state index in [1.54, 1.807) is 0 Å². The van der Waals surface area contributed by atoms with Crippen LogP contribution in [0.15, 0.2) is 36.4 Å². The normalized spacial score (nSPS) is 16.9. The van der Waals surface area contributed by atoms with Gasteiger partial charge in [-0.3, -0.25) is 9.88 Å². The zero-order valence-electron chi connectivity index (χ0n) is 15.5. The predicted molar refractivity (Wildman–Crippen MR) is 109 cm³/mol. The number of aryl methyl sites for hydroxylation is 1. The molecule has 2 aliphatic rings. The molecule has 1 aromatic carbocycles. The molecule has 2 aromatic rings. The molecule has 0 atom stereocenters. The van der Waals surface area contributed by atoms with Gasteiger partial charge >= 0.3 is 0 Å². The van der Waals surface area contributed by atoms with E-state index in [0.717, 1.165) is 72.8 Å². The van der Waals surface area contributed by atoms with E-state index in [4.69, 9.17) is 21.7 Å². The van der Waals surface area contributed by atoms with Crippen molar-refractivity contribution in [3.63, 3.8) is 0 Å². The van der Waals surface area contributed by atoms with E-state index in [1.165, 1.54) is 0 Å². The van der Waals surface area contributed by atoms with E-state index in [2.05, 4.69) is 32.2 Å². The first-order chi connectivity index (χ1) is 13.2. The minimum Gasteiger partial charge on any atom is -0.454 e. The van der Waals surface area contributed by atoms with Crippen molar-refractivity contribution in [1.82, 2.24) is 14.8 Å². The highest BCUT2D eigenvalue weighted by molar-refractivity contribution is 7.80. The van der Waals surface area contributed by atoms with Crippen molar-refractivity contribution >= 4 is 23.0 Å². The maximum Gasteiger partial charge on any atom is 0.231 e. The number of hydrogen-bond acceptors (Lipinski definition) is 5. The van der Waals surface area contributed by atoms with Gasteiger partial charge in [0.2, 0.25) is 6.79 Å². The van der Waals surface area contributed by atoms with Crippen LogP contribution in [-0.2, 0) is 6.54 Å². The van der Waals surface area contributed by atoms with Crippen LogP contribution in [0.1, 0.15) is 17.8 Å². The molecule has 1 N–H and O–H groups in total. The second kappa shape index (κ2) is 8.10. The summed E-state index contributed by atoms with van der Waals surface area (Å²) in [6.45, 7) is 7.08. The summed E-state index contributed by atoms with van der Waals surface area (Å²) >= 11 is 5.64. The third-order valence-corrected chi connectivity index (χ3v) is 5.19. The highest BCUT2D eigenvalue weighted by Gasteiger charge is 2.19. The molecule has 0 aliphatic carbocycles. The standard InChI is InChI=1S/C20H24N4O2S/c1-15-4-2-5-17(21-15)13-23-8-3-9-24(11-10-23)20(27)22-16-6-7-18-19(12-16)26-14-25-18/h2,4-7,12H,3,8-11,13-14H2,1H3,(H,22,27). The Morgan fingerprint density at radius 3 is 2.89 bits per heavy atom. The average Bonchev–Trinajstić information content (AvgIpc) is 2.99. The van der Waals surface area contributed by atoms with Crippen LogP contribution in [0.3, 0.4) is 0 Å². The lowest BCUT2D eigenvalue weighted by molar-refractivity contribution is 0.174. The van der Waals surface area contributed by atoms with E-state index < -0.39 is 0 Å². The summed E-state index contributed by atoms with van der Waals surface area (Å²) < 4.78 is 10.8. The van der Waals surface area contributed by atoms with Gasteiger partial charge in [-0.05, 0) is 49.8 Å². The molecule has 27 heavy (non-hydrogen) atoms. The van der Waals surface area contributed by atoms with Gasteiger partial charge in [0, 0.05) is 50.2 Å². The van der Waals surface area contributed by atoms with Crippen LogP contribution in [0.5, 0.6) is 11.5 Å². The number of thiocarbonyl (C=S) groups is 1. The number of pyridine rings is 1. The van der Waals surface area contributed by atoms with Crippen molar-refractivity contribution in [3.05, 3.63) is 47.8 Å². The fraction of sp³-hybridized carbons (Fsp3) is 0.400. The maximum atomic E-state index is 5.64. The third kappa shape index (κ3) is 4.48. The number of fused-ring (bicyclic) bond motifs is 1. The van der Waals surface area contributed by atoms with E-state index in [-0.39, 0.29) is 6.79 Å². The van der Waals surface area contributed by atoms with Crippen molar-refractivity contribution in [2.24, 2.45) is 0 Å². The van der Waals surface area contributed by atoms with Gasteiger partial charge in [-0.15, -0.1) is 0 Å². The van der Waals surface area contributed by atoms with Gasteiger partial charge in [-0.1, -0.05) is 6.07 Å². The van der Waals surface area contributed by atoms with Crippen LogP contribution in [-0.4, -0.2) is 52.9 Å². The Kier molecular flexibility index (Phi) is 5.40. The predicted octanol–water partition coefficient (Wildman–Crippen LogP) is 3.02. The van der Waals surface area contributed by atoms with Crippen LogP contribution in [0.2, 0.25) is 0 Å². The number of nitrogens with zero attached hydrogens (tertiary/aromatic N) is 3. The Morgan fingerprint density at radius 2 is 2.00 bits per heavy atom. The molecule has 142 valence electrons. The Hall–Kier alpha value is -2.38. The van der Waals surface area contributed by atoms with E-state index in [1.807, 2.05) is 31.2 Å². The first kappa shape index (κ1) is 18.0. The highest BCUT2D eigenvalue weighted by Crippen LogP contribution is 2.34. The first-order valence-corrected chi connectivity index (χ1v) is 9.69. The van der Waals surface area contributed by atoms with Crippen molar-refractivity contribution in [1.29, 1.82) is 0 Å². The smallest absolute Gasteiger partial charge is 0.231 e. The number of hydrogen-bond donors (Lipinski definition) is 1. The molecule has 1 fully saturated rings. The maximum absolute atomic E-state index is 5.64. The number of anilines is 1. The molecule has 4 rings (SSSR count). The third-order valence-electron chi connectivity index (χ3n) is 4.83. The summed E-state index contributed by atoms with van der Waals surface area (Å²) in [5.74, 6) is 1.54. The summed E-state index contributed by atoms with van der Waals surface area (Å²) in [5, 5.41) is 4.09. The molecule has 0 radical (unpaired) electrons. The SMILES string of the molecule is Cc1cccc(CN2CCCN(C(=S)Nc3ccc4c(c3)OCO4)CC2)n1. The molecule has 7 heteroatoms. The first-order valence-electron chi connectivity index (χ1n) is 9.28. The van der Waals surface area contributed by atoms with Gasteiger partial charge in [0.25, 0.3) is 0 Å². The Morgan fingerprint density at radius 1 is 1.11 bits per heavy atom. The highest BCUT2D eigenvalue weighted by atomic mass is 32.1. The second-order valence-electron chi connectivity index (χ2n) is 6.89. The summed E-state index contributed by atoms with van der Waals surface area (Å²) in [7, 11) is 0. The van der Waals surface area contributed by atoms with Crippen LogP contribution >= 0.6 is 12.2 Å². The zero-order chi connectivity index (χ0) is 18.6. The molecule has 0 amide bonds. The number of rotatable bonds is 3. The minimum absolute atomic E-state index is 0.279. The van der Waals surface area contributed by atoms with Crippen molar-refractivity contribution in [2.45, 2.75) is 19.9 Å². The van der Waals surface area contributed by atoms with E-state index >= 15 is 0 Å². The Labute approximate surface area is 165 Å². The Bertz CT molecular complexity index is 829. The summed E-state index contributed by atoms with van der Waals surface area (Å²) in [4.78, 5) is 9.31. The van der Waals surface area contributed by atoms with Crippen LogP contribution < -0.4 is 14.8 Å². The topological polar surface area (TPSA) is 49.9 Å². The molecule has 2 aliphatic heterocycles. The molecule has 0 spiro atoms. The lowest BCUT2D eigenvalue weighted by Crippen LogP contribution is -2.37. The lowest BCUT2D eigenvalue weighted by atomic mass is 10.3. The quantitative estimate of drug-likeness (QED) is 0.817. The monoisotopic (exact) mass is 384 g/mol. The molecule has 1 aromatic heterocycles. The van der Waals surface area contributed by atoms with Gasteiger partial charge < -0.3 is 19.7 Å². The minimum atomic E-state index is 0.279. The second-order valence-corrected chi connectivity index (χ2v) is 7.27. The number of aromatic nitrogens is 1. The Balaban J connectivity index is 1.33. The van der Waals surface area contributed by atoms with Crippen LogP contribution in [0.25, 0.3) is 0 Å². The number of benzene rings is 1. The van der Waals surface area contributed by atoms with E-state index in [0.29, 0.717) is 0 Å². The summed E-state index contributed by atoms with van der Waals surface area (Å²) in [5.41, 5.74) is 3.12. The van der Waals surface area contributed by atoms with Gasteiger partial charge in [-0.2, -0.15) is 0 Å². The molecule has 0 unspecified atom stereocenters. The van der Waals surface area contributed by atoms with Gasteiger partial charge in [0.15, 0.2) is 16.6 Å². The fourth-order valence-corrected chi connectivity index (χ4v) is 3.73. The summed E-state index contributed by atoms with van der Waals surface area (Å²) in [6, 6.07) is 12.0. The number of nitrogens with one attached hydrogen (secondary N) is 1. The molecule has 1 saturated heterocycles. The molecular weight excluding hydrogens is 360 g/mol. The number of ether oxygens (including phenoxy) is 2. The van der Waals surface area contributed by atoms with Gasteiger partial charge in [-0.25, -0.2) is 0 Å². The zero-order valence-corrected chi connectivity index (χ0v) is 16.3. The van der Waals surface area contributed by atoms with Crippen LogP contribution in [0, 0.1) is 6.92 Å². The van der Waals surface area contributed by atoms with E-state index in [9.17, 15) is 0 Å². The molecule has 3 heterocycles. The molecular formula is C20H24N4O2S. The van der Waals surface area contributed by atoms with Crippen molar-refractivity contribution < 1.29 is 9.47 Å². The largest absolute Gasteiger partial charge is 0.454 e. The van der Waals surface area contributed by atoms with Gasteiger partial charge in [0.1, 0.15) is 0 Å². The average molecular weight is 385 g/mol. The fourth-order valence-electron chi connectivity index (χ4n) is 3.43. The van der Waals surface area contributed by atoms with Crippen LogP contribution in [0.4, 0.5) is 5.69 Å². The van der Waals surface area contributed by atoms with Gasteiger partial charge in [0.05, 0.1) is 5.69 Å². The molecule has 0 saturated carbocycles.